The van der Waals surface area contributed by atoms with Crippen molar-refractivity contribution in [3.05, 3.63) is 23.4 Å². The third-order valence-corrected chi connectivity index (χ3v) is 7.22. The Balaban J connectivity index is 2.94. The van der Waals surface area contributed by atoms with Crippen LogP contribution in [0.1, 0.15) is 85.0 Å². The van der Waals surface area contributed by atoms with Gasteiger partial charge in [0.1, 0.15) is 0 Å². The van der Waals surface area contributed by atoms with Crippen LogP contribution in [-0.4, -0.2) is 28.6 Å². The maximum absolute atomic E-state index is 6.39. The van der Waals surface area contributed by atoms with Crippen molar-refractivity contribution >= 4 is 8.80 Å². The summed E-state index contributed by atoms with van der Waals surface area (Å²) in [6.45, 7) is 8.80. The van der Waals surface area contributed by atoms with Crippen molar-refractivity contribution in [1.82, 2.24) is 0 Å². The van der Waals surface area contributed by atoms with E-state index in [9.17, 15) is 0 Å². The van der Waals surface area contributed by atoms with E-state index in [1.54, 1.807) is 0 Å². The quantitative estimate of drug-likeness (QED) is 0.301. The molecule has 0 bridgehead atoms. The Morgan fingerprint density at radius 1 is 0.833 bits per heavy atom. The summed E-state index contributed by atoms with van der Waals surface area (Å²) in [4.78, 5) is 0. The fourth-order valence-corrected chi connectivity index (χ4v) is 5.48. The van der Waals surface area contributed by atoms with Gasteiger partial charge in [-0.1, -0.05) is 58.3 Å². The van der Waals surface area contributed by atoms with Crippen LogP contribution in [0, 0.1) is 0 Å². The van der Waals surface area contributed by atoms with E-state index in [2.05, 4.69) is 39.0 Å². The van der Waals surface area contributed by atoms with Gasteiger partial charge in [0, 0.05) is 25.0 Å². The van der Waals surface area contributed by atoms with Crippen LogP contribution >= 0.6 is 0 Å². The molecule has 0 aromatic rings. The minimum Gasteiger partial charge on any atom is -0.370 e. The van der Waals surface area contributed by atoms with Crippen molar-refractivity contribution in [3.63, 3.8) is 0 Å². The zero-order valence-electron chi connectivity index (χ0n) is 16.1. The standard InChI is InChI=1S/C20H38O3Si/c1-4-7-17-21-24(22-18-8-5-2,23-19-9-6-3)20-15-13-11-10-12-14-16-20/h11,13,15H,4-10,12,14,16-19H2,1-3H3. The molecule has 0 atom stereocenters. The van der Waals surface area contributed by atoms with E-state index >= 15 is 0 Å². The van der Waals surface area contributed by atoms with Crippen molar-refractivity contribution in [2.45, 2.75) is 85.0 Å². The van der Waals surface area contributed by atoms with Gasteiger partial charge in [-0.05, 0) is 44.9 Å². The summed E-state index contributed by atoms with van der Waals surface area (Å²) in [5.41, 5.74) is 0. The second kappa shape index (κ2) is 13.8. The highest BCUT2D eigenvalue weighted by molar-refractivity contribution is 6.68. The predicted octanol–water partition coefficient (Wildman–Crippen LogP) is 5.97. The maximum Gasteiger partial charge on any atom is 0.532 e. The first kappa shape index (κ1) is 21.6. The van der Waals surface area contributed by atoms with Gasteiger partial charge in [-0.2, -0.15) is 0 Å². The van der Waals surface area contributed by atoms with Crippen LogP contribution in [0.5, 0.6) is 0 Å². The number of allylic oxidation sites excluding steroid dienone is 4. The molecule has 0 heterocycles. The van der Waals surface area contributed by atoms with Crippen LogP contribution in [0.2, 0.25) is 0 Å². The normalized spacial score (nSPS) is 15.9. The van der Waals surface area contributed by atoms with Crippen molar-refractivity contribution in [2.24, 2.45) is 0 Å². The summed E-state index contributed by atoms with van der Waals surface area (Å²) >= 11 is 0. The SMILES string of the molecule is CCCCO[Si](OCCCC)(OCCCC)C1=CC=CCCCC1. The van der Waals surface area contributed by atoms with Gasteiger partial charge < -0.3 is 13.3 Å². The predicted molar refractivity (Wildman–Crippen MR) is 104 cm³/mol. The molecule has 0 N–H and O–H groups in total. The van der Waals surface area contributed by atoms with Crippen molar-refractivity contribution in [3.8, 4) is 0 Å². The Morgan fingerprint density at radius 2 is 1.38 bits per heavy atom. The number of hydrogen-bond acceptors (Lipinski definition) is 3. The highest BCUT2D eigenvalue weighted by atomic mass is 28.4. The molecule has 0 fully saturated rings. The van der Waals surface area contributed by atoms with Gasteiger partial charge in [-0.3, -0.25) is 0 Å². The van der Waals surface area contributed by atoms with Crippen molar-refractivity contribution in [2.75, 3.05) is 19.8 Å². The monoisotopic (exact) mass is 354 g/mol. The minimum absolute atomic E-state index is 0.738. The molecule has 24 heavy (non-hydrogen) atoms. The molecule has 0 spiro atoms. The molecular weight excluding hydrogens is 316 g/mol. The molecule has 140 valence electrons. The maximum atomic E-state index is 6.39. The molecule has 0 saturated carbocycles. The molecular formula is C20H38O3Si. The molecule has 0 aromatic heterocycles. The third kappa shape index (κ3) is 8.10. The summed E-state index contributed by atoms with van der Waals surface area (Å²) in [7, 11) is -2.75. The highest BCUT2D eigenvalue weighted by Crippen LogP contribution is 2.28. The topological polar surface area (TPSA) is 27.7 Å². The molecule has 1 rings (SSSR count). The summed E-state index contributed by atoms with van der Waals surface area (Å²) in [6, 6.07) is 0. The second-order valence-electron chi connectivity index (χ2n) is 6.53. The smallest absolute Gasteiger partial charge is 0.370 e. The number of rotatable bonds is 13. The summed E-state index contributed by atoms with van der Waals surface area (Å²) in [5.74, 6) is 0. The van der Waals surface area contributed by atoms with E-state index in [1.165, 1.54) is 24.5 Å². The van der Waals surface area contributed by atoms with E-state index in [1.807, 2.05) is 0 Å². The fraction of sp³-hybridized carbons (Fsp3) is 0.800. The van der Waals surface area contributed by atoms with Crippen LogP contribution in [0.15, 0.2) is 23.4 Å². The molecule has 4 heteroatoms. The van der Waals surface area contributed by atoms with Crippen LogP contribution in [0.25, 0.3) is 0 Å². The van der Waals surface area contributed by atoms with E-state index in [0.717, 1.165) is 64.8 Å². The number of hydrogen-bond donors (Lipinski definition) is 0. The summed E-state index contributed by atoms with van der Waals surface area (Å²) in [6.07, 6.45) is 17.9. The minimum atomic E-state index is -2.75. The summed E-state index contributed by atoms with van der Waals surface area (Å²) < 4.78 is 19.2. The molecule has 0 amide bonds. The molecule has 0 aromatic carbocycles. The van der Waals surface area contributed by atoms with E-state index in [0.29, 0.717) is 0 Å². The van der Waals surface area contributed by atoms with Crippen LogP contribution in [0.3, 0.4) is 0 Å². The first-order valence-corrected chi connectivity index (χ1v) is 11.8. The molecule has 3 nitrogen and oxygen atoms in total. The third-order valence-electron chi connectivity index (χ3n) is 4.26. The molecule has 0 unspecified atom stereocenters. The van der Waals surface area contributed by atoms with Crippen molar-refractivity contribution < 1.29 is 13.3 Å². The zero-order valence-corrected chi connectivity index (χ0v) is 17.1. The molecule has 0 saturated heterocycles. The van der Waals surface area contributed by atoms with Gasteiger partial charge in [-0.25, -0.2) is 0 Å². The lowest BCUT2D eigenvalue weighted by molar-refractivity contribution is 0.0642. The number of unbranched alkanes of at least 4 members (excludes halogenated alkanes) is 3. The van der Waals surface area contributed by atoms with E-state index < -0.39 is 8.80 Å². The highest BCUT2D eigenvalue weighted by Gasteiger charge is 2.45. The average Bonchev–Trinajstić information content (AvgIpc) is 2.55. The summed E-state index contributed by atoms with van der Waals surface area (Å²) in [5, 5.41) is 1.28. The van der Waals surface area contributed by atoms with Gasteiger partial charge in [0.05, 0.1) is 0 Å². The molecule has 1 aliphatic carbocycles. The van der Waals surface area contributed by atoms with E-state index in [-0.39, 0.29) is 0 Å². The van der Waals surface area contributed by atoms with Gasteiger partial charge in [0.25, 0.3) is 0 Å². The molecule has 1 aliphatic rings. The van der Waals surface area contributed by atoms with Gasteiger partial charge in [0.15, 0.2) is 0 Å². The lowest BCUT2D eigenvalue weighted by atomic mass is 10.1. The largest absolute Gasteiger partial charge is 0.532 e. The molecule has 0 aliphatic heterocycles. The second-order valence-corrected chi connectivity index (χ2v) is 9.15. The average molecular weight is 355 g/mol. The lowest BCUT2D eigenvalue weighted by Crippen LogP contribution is -2.49. The Hall–Kier alpha value is -0.423. The Bertz CT molecular complexity index is 339. The van der Waals surface area contributed by atoms with Gasteiger partial charge in [-0.15, -0.1) is 0 Å². The van der Waals surface area contributed by atoms with Crippen LogP contribution in [-0.2, 0) is 13.3 Å². The molecule has 0 radical (unpaired) electrons. The Kier molecular flexibility index (Phi) is 12.5. The lowest BCUT2D eigenvalue weighted by Gasteiger charge is -2.32. The van der Waals surface area contributed by atoms with E-state index in [4.69, 9.17) is 13.3 Å². The van der Waals surface area contributed by atoms with Crippen LogP contribution in [0.4, 0.5) is 0 Å². The van der Waals surface area contributed by atoms with Crippen LogP contribution < -0.4 is 0 Å². The zero-order chi connectivity index (χ0) is 17.5. The van der Waals surface area contributed by atoms with Gasteiger partial charge in [0.2, 0.25) is 0 Å². The first-order valence-electron chi connectivity index (χ1n) is 10.1. The van der Waals surface area contributed by atoms with Crippen molar-refractivity contribution in [1.29, 1.82) is 0 Å². The fourth-order valence-electron chi connectivity index (χ4n) is 2.65. The first-order chi connectivity index (χ1) is 11.8. The Morgan fingerprint density at radius 3 is 1.88 bits per heavy atom. The Labute approximate surface area is 150 Å². The van der Waals surface area contributed by atoms with Gasteiger partial charge >= 0.3 is 8.80 Å².